The van der Waals surface area contributed by atoms with Gasteiger partial charge in [-0.3, -0.25) is 24.0 Å². The van der Waals surface area contributed by atoms with Gasteiger partial charge in [-0.25, -0.2) is 4.79 Å². The molecule has 0 aliphatic carbocycles. The Morgan fingerprint density at radius 3 is 1.24 bits per heavy atom. The van der Waals surface area contributed by atoms with Crippen molar-refractivity contribution in [1.29, 1.82) is 0 Å². The first-order valence-electron chi connectivity index (χ1n) is 15.1. The van der Waals surface area contributed by atoms with Gasteiger partial charge in [0.05, 0.1) is 6.42 Å². The van der Waals surface area contributed by atoms with Crippen LogP contribution in [0.2, 0.25) is 0 Å². The van der Waals surface area contributed by atoms with Crippen molar-refractivity contribution in [3.05, 3.63) is 0 Å². The fourth-order valence-corrected chi connectivity index (χ4v) is 4.28. The van der Waals surface area contributed by atoms with Crippen LogP contribution in [0.25, 0.3) is 0 Å². The van der Waals surface area contributed by atoms with Crippen LogP contribution in [0.4, 0.5) is 0 Å². The number of nitrogens with one attached hydrogen (secondary N) is 3. The van der Waals surface area contributed by atoms with Crippen molar-refractivity contribution in [2.75, 3.05) is 13.1 Å². The predicted octanol–water partition coefficient (Wildman–Crippen LogP) is 3.76. The Hall–Kier alpha value is -3.18. The molecular weight excluding hydrogens is 534 g/mol. The number of carbonyl (C=O) groups is 6. The number of carbonyl (C=O) groups excluding carboxylic acids is 3. The van der Waals surface area contributed by atoms with Crippen molar-refractivity contribution in [3.8, 4) is 0 Å². The second-order valence-corrected chi connectivity index (χ2v) is 10.4. The van der Waals surface area contributed by atoms with Gasteiger partial charge in [0.15, 0.2) is 0 Å². The molecule has 3 amide bonds. The summed E-state index contributed by atoms with van der Waals surface area (Å²) in [6.07, 6.45) is 15.0. The van der Waals surface area contributed by atoms with Crippen LogP contribution < -0.4 is 16.0 Å². The topological polar surface area (TPSA) is 199 Å². The number of hydrogen-bond acceptors (Lipinski definition) is 6. The average molecular weight is 586 g/mol. The van der Waals surface area contributed by atoms with E-state index in [0.29, 0.717) is 6.42 Å². The maximum absolute atomic E-state index is 12.2. The quantitative estimate of drug-likeness (QED) is 0.0740. The number of aliphatic carboxylic acids is 3. The summed E-state index contributed by atoms with van der Waals surface area (Å²) < 4.78 is 0. The van der Waals surface area contributed by atoms with Gasteiger partial charge >= 0.3 is 17.9 Å². The van der Waals surface area contributed by atoms with E-state index in [-0.39, 0.29) is 57.5 Å². The van der Waals surface area contributed by atoms with E-state index >= 15 is 0 Å². The summed E-state index contributed by atoms with van der Waals surface area (Å²) in [6, 6.07) is -1.15. The maximum atomic E-state index is 12.2. The first-order chi connectivity index (χ1) is 19.6. The summed E-state index contributed by atoms with van der Waals surface area (Å²) in [5.74, 6) is -4.17. The highest BCUT2D eigenvalue weighted by Crippen LogP contribution is 2.14. The van der Waals surface area contributed by atoms with Crippen LogP contribution >= 0.6 is 0 Å². The van der Waals surface area contributed by atoms with Crippen LogP contribution in [0.15, 0.2) is 0 Å². The second-order valence-electron chi connectivity index (χ2n) is 10.4. The smallest absolute Gasteiger partial charge is 0.326 e. The molecule has 41 heavy (non-hydrogen) atoms. The zero-order chi connectivity index (χ0) is 30.7. The molecule has 0 saturated carbocycles. The third-order valence-electron chi connectivity index (χ3n) is 6.67. The van der Waals surface area contributed by atoms with Gasteiger partial charge in [-0.05, 0) is 19.3 Å². The van der Waals surface area contributed by atoms with Gasteiger partial charge in [-0.15, -0.1) is 0 Å². The molecule has 0 spiro atoms. The van der Waals surface area contributed by atoms with E-state index in [1.807, 2.05) is 0 Å². The average Bonchev–Trinajstić information content (AvgIpc) is 2.91. The molecule has 0 aliphatic rings. The number of unbranched alkanes of at least 4 members (excludes halogenated alkanes) is 13. The standard InChI is InChI=1S/C29H51N3O9/c33-24(30-21-22-31-25(34)19-20-28(38)39)18-17-23(29(40)41)32-26(35)15-13-11-9-7-5-3-1-2-4-6-8-10-12-14-16-27(36)37/h23H,1-22H2,(H,30,33)(H,31,34)(H,32,35)(H,36,37)(H,38,39)(H,40,41)/t23-/m0/s1. The Bertz CT molecular complexity index is 789. The van der Waals surface area contributed by atoms with Gasteiger partial charge in [0.25, 0.3) is 0 Å². The monoisotopic (exact) mass is 585 g/mol. The molecule has 0 aromatic carbocycles. The summed E-state index contributed by atoms with van der Waals surface area (Å²) in [5.41, 5.74) is 0. The minimum absolute atomic E-state index is 0.0509. The van der Waals surface area contributed by atoms with Crippen LogP contribution in [0.1, 0.15) is 128 Å². The van der Waals surface area contributed by atoms with Crippen LogP contribution in [0, 0.1) is 0 Å². The molecule has 0 aliphatic heterocycles. The SMILES string of the molecule is O=C(O)CCCCCCCCCCCCCCCCC(=O)N[C@@H](CCC(=O)NCCNC(=O)CCC(=O)O)C(=O)O. The largest absolute Gasteiger partial charge is 0.481 e. The van der Waals surface area contributed by atoms with Gasteiger partial charge in [-0.1, -0.05) is 77.0 Å². The fraction of sp³-hybridized carbons (Fsp3) is 0.793. The van der Waals surface area contributed by atoms with E-state index in [4.69, 9.17) is 10.2 Å². The lowest BCUT2D eigenvalue weighted by molar-refractivity contribution is -0.142. The third kappa shape index (κ3) is 26.8. The molecule has 0 unspecified atom stereocenters. The Morgan fingerprint density at radius 1 is 0.439 bits per heavy atom. The van der Waals surface area contributed by atoms with E-state index in [9.17, 15) is 33.9 Å². The normalized spacial score (nSPS) is 11.4. The summed E-state index contributed by atoms with van der Waals surface area (Å²) in [6.45, 7) is 0.254. The lowest BCUT2D eigenvalue weighted by atomic mass is 10.0. The first-order valence-corrected chi connectivity index (χ1v) is 15.1. The van der Waals surface area contributed by atoms with E-state index in [0.717, 1.165) is 38.5 Å². The molecular formula is C29H51N3O9. The van der Waals surface area contributed by atoms with Crippen molar-refractivity contribution in [2.45, 2.75) is 134 Å². The van der Waals surface area contributed by atoms with Crippen LogP contribution in [0.3, 0.4) is 0 Å². The number of rotatable bonds is 28. The van der Waals surface area contributed by atoms with Gasteiger partial charge in [0.1, 0.15) is 6.04 Å². The molecule has 12 nitrogen and oxygen atoms in total. The third-order valence-corrected chi connectivity index (χ3v) is 6.67. The van der Waals surface area contributed by atoms with Gasteiger partial charge < -0.3 is 31.3 Å². The molecule has 1 atom stereocenters. The van der Waals surface area contributed by atoms with Crippen LogP contribution in [-0.2, 0) is 28.8 Å². The van der Waals surface area contributed by atoms with E-state index in [1.54, 1.807) is 0 Å². The Labute approximate surface area is 243 Å². The van der Waals surface area contributed by atoms with Crippen molar-refractivity contribution < 1.29 is 44.1 Å². The van der Waals surface area contributed by atoms with Gasteiger partial charge in [-0.2, -0.15) is 0 Å². The molecule has 0 heterocycles. The second kappa shape index (κ2) is 25.8. The van der Waals surface area contributed by atoms with Crippen molar-refractivity contribution in [3.63, 3.8) is 0 Å². The number of carboxylic acids is 3. The summed E-state index contributed by atoms with van der Waals surface area (Å²) in [7, 11) is 0. The Balaban J connectivity index is 3.72. The molecule has 0 aromatic rings. The molecule has 0 fully saturated rings. The van der Waals surface area contributed by atoms with Gasteiger partial charge in [0, 0.05) is 38.8 Å². The summed E-state index contributed by atoms with van der Waals surface area (Å²) in [5, 5.41) is 34.0. The molecule has 12 heteroatoms. The molecule has 0 radical (unpaired) electrons. The zero-order valence-electron chi connectivity index (χ0n) is 24.4. The number of hydrogen-bond donors (Lipinski definition) is 6. The van der Waals surface area contributed by atoms with E-state index in [2.05, 4.69) is 16.0 Å². The fourth-order valence-electron chi connectivity index (χ4n) is 4.28. The molecule has 0 saturated heterocycles. The van der Waals surface area contributed by atoms with E-state index in [1.165, 1.54) is 44.9 Å². The van der Waals surface area contributed by atoms with Crippen molar-refractivity contribution >= 4 is 35.6 Å². The Kier molecular flexibility index (Phi) is 23.8. The molecule has 0 bridgehead atoms. The predicted molar refractivity (Wildman–Crippen MR) is 153 cm³/mol. The highest BCUT2D eigenvalue weighted by molar-refractivity contribution is 5.84. The van der Waals surface area contributed by atoms with Crippen LogP contribution in [-0.4, -0.2) is 70.1 Å². The minimum Gasteiger partial charge on any atom is -0.481 e. The summed E-state index contributed by atoms with van der Waals surface area (Å²) in [4.78, 5) is 67.9. The molecule has 0 aromatic heterocycles. The highest BCUT2D eigenvalue weighted by Gasteiger charge is 2.20. The molecule has 6 N–H and O–H groups in total. The number of carboxylic acid groups (broad SMARTS) is 3. The van der Waals surface area contributed by atoms with E-state index < -0.39 is 35.8 Å². The van der Waals surface area contributed by atoms with Gasteiger partial charge in [0.2, 0.25) is 17.7 Å². The highest BCUT2D eigenvalue weighted by atomic mass is 16.4. The number of amides is 3. The lowest BCUT2D eigenvalue weighted by Gasteiger charge is -2.14. The summed E-state index contributed by atoms with van der Waals surface area (Å²) >= 11 is 0. The minimum atomic E-state index is -1.20. The lowest BCUT2D eigenvalue weighted by Crippen LogP contribution is -2.42. The van der Waals surface area contributed by atoms with Crippen molar-refractivity contribution in [1.82, 2.24) is 16.0 Å². The zero-order valence-corrected chi connectivity index (χ0v) is 24.4. The molecule has 236 valence electrons. The Morgan fingerprint density at radius 2 is 0.829 bits per heavy atom. The van der Waals surface area contributed by atoms with Crippen LogP contribution in [0.5, 0.6) is 0 Å². The molecule has 0 rings (SSSR count). The van der Waals surface area contributed by atoms with Crippen molar-refractivity contribution in [2.24, 2.45) is 0 Å². The maximum Gasteiger partial charge on any atom is 0.326 e. The first kappa shape index (κ1) is 37.8.